The minimum Gasteiger partial charge on any atom is -0.324 e. The van der Waals surface area contributed by atoms with E-state index in [1.165, 1.54) is 24.8 Å². The summed E-state index contributed by atoms with van der Waals surface area (Å²) in [7, 11) is 0. The van der Waals surface area contributed by atoms with Crippen molar-refractivity contribution in [3.05, 3.63) is 29.8 Å². The molecule has 2 atom stereocenters. The van der Waals surface area contributed by atoms with Crippen molar-refractivity contribution in [1.29, 1.82) is 0 Å². The van der Waals surface area contributed by atoms with Crippen molar-refractivity contribution < 1.29 is 4.79 Å². The normalized spacial score (nSPS) is 24.9. The molecule has 0 saturated heterocycles. The van der Waals surface area contributed by atoms with Gasteiger partial charge in [0.25, 0.3) is 0 Å². The lowest BCUT2D eigenvalue weighted by molar-refractivity contribution is -0.118. The van der Waals surface area contributed by atoms with Gasteiger partial charge < -0.3 is 10.6 Å². The average Bonchev–Trinajstić information content (AvgIpc) is 2.47. The van der Waals surface area contributed by atoms with Crippen molar-refractivity contribution >= 4 is 11.6 Å². The lowest BCUT2D eigenvalue weighted by Crippen LogP contribution is -2.48. The highest BCUT2D eigenvalue weighted by molar-refractivity contribution is 5.96. The first kappa shape index (κ1) is 12.7. The summed E-state index contributed by atoms with van der Waals surface area (Å²) in [4.78, 5) is 12.3. The largest absolute Gasteiger partial charge is 0.324 e. The van der Waals surface area contributed by atoms with Gasteiger partial charge in [-0.1, -0.05) is 24.6 Å². The Morgan fingerprint density at radius 2 is 2.05 bits per heavy atom. The summed E-state index contributed by atoms with van der Waals surface area (Å²) in [5.41, 5.74) is 2.23. The number of rotatable bonds is 3. The number of anilines is 1. The Bertz CT molecular complexity index is 468. The molecule has 0 aromatic heterocycles. The number of amides is 1. The maximum atomic E-state index is 12.3. The van der Waals surface area contributed by atoms with Gasteiger partial charge in [0.2, 0.25) is 5.91 Å². The maximum absolute atomic E-state index is 12.3. The Labute approximate surface area is 114 Å². The molecule has 2 unspecified atom stereocenters. The first-order chi connectivity index (χ1) is 9.24. The van der Waals surface area contributed by atoms with E-state index < -0.39 is 0 Å². The number of benzene rings is 1. The van der Waals surface area contributed by atoms with Crippen molar-refractivity contribution in [2.24, 2.45) is 5.92 Å². The molecule has 1 aliphatic heterocycles. The third-order valence-corrected chi connectivity index (χ3v) is 4.62. The van der Waals surface area contributed by atoms with Crippen LogP contribution in [0.25, 0.3) is 0 Å². The van der Waals surface area contributed by atoms with Crippen LogP contribution in [0.3, 0.4) is 0 Å². The fourth-order valence-corrected chi connectivity index (χ4v) is 3.06. The molecule has 3 nitrogen and oxygen atoms in total. The molecule has 1 aliphatic carbocycles. The third kappa shape index (κ3) is 2.66. The van der Waals surface area contributed by atoms with Crippen molar-refractivity contribution in [1.82, 2.24) is 5.32 Å². The van der Waals surface area contributed by atoms with Crippen molar-refractivity contribution in [2.75, 3.05) is 5.32 Å². The van der Waals surface area contributed by atoms with Gasteiger partial charge in [-0.2, -0.15) is 0 Å². The Morgan fingerprint density at radius 3 is 2.79 bits per heavy atom. The zero-order valence-corrected chi connectivity index (χ0v) is 11.5. The quantitative estimate of drug-likeness (QED) is 0.875. The third-order valence-electron chi connectivity index (χ3n) is 4.62. The molecule has 3 heteroatoms. The van der Waals surface area contributed by atoms with Crippen molar-refractivity contribution in [2.45, 2.75) is 51.1 Å². The van der Waals surface area contributed by atoms with Crippen molar-refractivity contribution in [3.8, 4) is 0 Å². The Hall–Kier alpha value is -1.35. The Morgan fingerprint density at radius 1 is 1.26 bits per heavy atom. The molecule has 0 spiro atoms. The number of carbonyl (C=O) groups is 1. The van der Waals surface area contributed by atoms with Crippen LogP contribution in [0.5, 0.6) is 0 Å². The molecule has 3 rings (SSSR count). The lowest BCUT2D eigenvalue weighted by atomic mass is 9.80. The van der Waals surface area contributed by atoms with Crippen LogP contribution in [0.4, 0.5) is 5.69 Å². The molecule has 1 heterocycles. The maximum Gasteiger partial charge on any atom is 0.241 e. The van der Waals surface area contributed by atoms with E-state index in [2.05, 4.69) is 23.6 Å². The molecule has 2 aliphatic rings. The fourth-order valence-electron chi connectivity index (χ4n) is 3.06. The van der Waals surface area contributed by atoms with Crippen LogP contribution in [0.2, 0.25) is 0 Å². The predicted octanol–water partition coefficient (Wildman–Crippen LogP) is 2.72. The average molecular weight is 258 g/mol. The number of fused-ring (bicyclic) bond motifs is 1. The van der Waals surface area contributed by atoms with Gasteiger partial charge in [-0.25, -0.2) is 0 Å². The van der Waals surface area contributed by atoms with E-state index in [9.17, 15) is 4.79 Å². The van der Waals surface area contributed by atoms with E-state index in [4.69, 9.17) is 0 Å². The van der Waals surface area contributed by atoms with Crippen LogP contribution < -0.4 is 10.6 Å². The molecule has 1 amide bonds. The lowest BCUT2D eigenvalue weighted by Gasteiger charge is -2.34. The molecule has 1 aromatic carbocycles. The summed E-state index contributed by atoms with van der Waals surface area (Å²) >= 11 is 0. The molecule has 102 valence electrons. The number of para-hydroxylation sites is 1. The second kappa shape index (κ2) is 5.33. The van der Waals surface area contributed by atoms with Gasteiger partial charge >= 0.3 is 0 Å². The number of aryl methyl sites for hydroxylation is 1. The summed E-state index contributed by atoms with van der Waals surface area (Å²) in [6, 6.07) is 8.51. The number of hydrogen-bond acceptors (Lipinski definition) is 2. The van der Waals surface area contributed by atoms with Crippen LogP contribution in [0.15, 0.2) is 24.3 Å². The van der Waals surface area contributed by atoms with E-state index in [0.29, 0.717) is 6.04 Å². The summed E-state index contributed by atoms with van der Waals surface area (Å²) in [5, 5.41) is 6.58. The van der Waals surface area contributed by atoms with E-state index in [1.807, 2.05) is 18.2 Å². The molecule has 19 heavy (non-hydrogen) atoms. The minimum atomic E-state index is -0.0528. The first-order valence-corrected chi connectivity index (χ1v) is 7.39. The predicted molar refractivity (Wildman–Crippen MR) is 77.1 cm³/mol. The molecule has 2 N–H and O–H groups in total. The van der Waals surface area contributed by atoms with Gasteiger partial charge in [-0.05, 0) is 50.2 Å². The minimum absolute atomic E-state index is 0.0528. The molecule has 1 saturated carbocycles. The van der Waals surface area contributed by atoms with E-state index in [1.54, 1.807) is 0 Å². The number of hydrogen-bond donors (Lipinski definition) is 2. The standard InChI is InChI=1S/C16H22N2O/c1-11(12-6-4-7-12)17-15-10-9-13-5-2-3-8-14(13)18-16(15)19/h2-3,5,8,11-12,15,17H,4,6-7,9-10H2,1H3,(H,18,19). The molecule has 1 fully saturated rings. The molecular weight excluding hydrogens is 236 g/mol. The Balaban J connectivity index is 1.66. The number of carbonyl (C=O) groups excluding carboxylic acids is 1. The smallest absolute Gasteiger partial charge is 0.241 e. The fraction of sp³-hybridized carbons (Fsp3) is 0.562. The monoisotopic (exact) mass is 258 g/mol. The van der Waals surface area contributed by atoms with Crippen LogP contribution in [-0.4, -0.2) is 18.0 Å². The van der Waals surface area contributed by atoms with Crippen LogP contribution in [0, 0.1) is 5.92 Å². The molecular formula is C16H22N2O. The second-order valence-electron chi connectivity index (χ2n) is 5.88. The van der Waals surface area contributed by atoms with Gasteiger partial charge in [0, 0.05) is 11.7 Å². The van der Waals surface area contributed by atoms with Crippen LogP contribution in [-0.2, 0) is 11.2 Å². The summed E-state index contributed by atoms with van der Waals surface area (Å²) < 4.78 is 0. The van der Waals surface area contributed by atoms with E-state index in [-0.39, 0.29) is 11.9 Å². The summed E-state index contributed by atoms with van der Waals surface area (Å²) in [6.45, 7) is 2.22. The number of nitrogens with one attached hydrogen (secondary N) is 2. The van der Waals surface area contributed by atoms with Crippen LogP contribution in [0.1, 0.15) is 38.2 Å². The van der Waals surface area contributed by atoms with E-state index >= 15 is 0 Å². The molecule has 0 bridgehead atoms. The van der Waals surface area contributed by atoms with Gasteiger partial charge in [-0.15, -0.1) is 0 Å². The highest BCUT2D eigenvalue weighted by Gasteiger charge is 2.29. The Kier molecular flexibility index (Phi) is 3.56. The van der Waals surface area contributed by atoms with Gasteiger partial charge in [0.15, 0.2) is 0 Å². The zero-order valence-electron chi connectivity index (χ0n) is 11.5. The van der Waals surface area contributed by atoms with Gasteiger partial charge in [-0.3, -0.25) is 4.79 Å². The van der Waals surface area contributed by atoms with Gasteiger partial charge in [0.05, 0.1) is 6.04 Å². The van der Waals surface area contributed by atoms with Crippen LogP contribution >= 0.6 is 0 Å². The summed E-state index contributed by atoms with van der Waals surface area (Å²) in [5.74, 6) is 0.884. The highest BCUT2D eigenvalue weighted by atomic mass is 16.2. The topological polar surface area (TPSA) is 41.1 Å². The second-order valence-corrected chi connectivity index (χ2v) is 5.88. The zero-order chi connectivity index (χ0) is 13.2. The van der Waals surface area contributed by atoms with Gasteiger partial charge in [0.1, 0.15) is 0 Å². The molecule has 1 aromatic rings. The SMILES string of the molecule is CC(NC1CCc2ccccc2NC1=O)C1CCC1. The summed E-state index contributed by atoms with van der Waals surface area (Å²) in [6.07, 6.45) is 5.81. The molecule has 0 radical (unpaired) electrons. The highest BCUT2D eigenvalue weighted by Crippen LogP contribution is 2.30. The first-order valence-electron chi connectivity index (χ1n) is 7.39. The van der Waals surface area contributed by atoms with Crippen molar-refractivity contribution in [3.63, 3.8) is 0 Å². The van der Waals surface area contributed by atoms with E-state index in [0.717, 1.165) is 24.4 Å².